The molecule has 4 rings (SSSR count). The lowest BCUT2D eigenvalue weighted by Crippen LogP contribution is -2.11. The fourth-order valence-corrected chi connectivity index (χ4v) is 3.61. The summed E-state index contributed by atoms with van der Waals surface area (Å²) in [7, 11) is 0. The molecule has 6 heteroatoms. The summed E-state index contributed by atoms with van der Waals surface area (Å²) in [5.41, 5.74) is 4.18. The molecule has 0 saturated heterocycles. The van der Waals surface area contributed by atoms with Gasteiger partial charge in [0.1, 0.15) is 10.7 Å². The molecule has 2 N–H and O–H groups in total. The lowest BCUT2D eigenvalue weighted by atomic mass is 10.1. The highest BCUT2D eigenvalue weighted by Gasteiger charge is 2.18. The van der Waals surface area contributed by atoms with Crippen molar-refractivity contribution in [1.29, 1.82) is 0 Å². The summed E-state index contributed by atoms with van der Waals surface area (Å²) in [6.45, 7) is 3.82. The van der Waals surface area contributed by atoms with E-state index in [0.717, 1.165) is 38.8 Å². The van der Waals surface area contributed by atoms with Crippen molar-refractivity contribution in [3.63, 3.8) is 0 Å². The molecule has 0 spiro atoms. The summed E-state index contributed by atoms with van der Waals surface area (Å²) in [5.74, 6) is 0.697. The molecule has 0 bridgehead atoms. The number of thiazole rings is 1. The Balaban J connectivity index is 1.66. The minimum Gasteiger partial charge on any atom is -0.342 e. The normalized spacial score (nSPS) is 11.0. The van der Waals surface area contributed by atoms with Crippen molar-refractivity contribution >= 4 is 34.0 Å². The van der Waals surface area contributed by atoms with E-state index >= 15 is 0 Å². The molecule has 0 aliphatic heterocycles. The molecule has 4 aromatic rings. The van der Waals surface area contributed by atoms with Gasteiger partial charge in [0.05, 0.1) is 21.7 Å². The number of carbonyl (C=O) groups excluding carboxylic acids is 1. The van der Waals surface area contributed by atoms with Crippen LogP contribution in [-0.4, -0.2) is 20.9 Å². The summed E-state index contributed by atoms with van der Waals surface area (Å²) in [4.78, 5) is 25.5. The van der Waals surface area contributed by atoms with Crippen LogP contribution in [0, 0.1) is 13.8 Å². The SMILES string of the molecule is Cc1nc2ccc(NC(=O)c3sc(C)nc3-c3ccccc3)cc2[nH]1. The van der Waals surface area contributed by atoms with Crippen molar-refractivity contribution in [2.75, 3.05) is 5.32 Å². The first-order chi connectivity index (χ1) is 12.1. The van der Waals surface area contributed by atoms with E-state index in [0.29, 0.717) is 4.88 Å². The average Bonchev–Trinajstić information content (AvgIpc) is 3.17. The molecule has 2 heterocycles. The number of hydrogen-bond acceptors (Lipinski definition) is 4. The average molecular weight is 348 g/mol. The van der Waals surface area contributed by atoms with E-state index in [9.17, 15) is 4.79 Å². The number of fused-ring (bicyclic) bond motifs is 1. The number of aromatic nitrogens is 3. The summed E-state index contributed by atoms with van der Waals surface area (Å²) >= 11 is 1.40. The lowest BCUT2D eigenvalue weighted by Gasteiger charge is -2.05. The number of carbonyl (C=O) groups is 1. The number of benzene rings is 2. The Kier molecular flexibility index (Phi) is 3.82. The first-order valence-corrected chi connectivity index (χ1v) is 8.72. The van der Waals surface area contributed by atoms with Crippen LogP contribution in [-0.2, 0) is 0 Å². The van der Waals surface area contributed by atoms with E-state index < -0.39 is 0 Å². The molecule has 0 radical (unpaired) electrons. The smallest absolute Gasteiger partial charge is 0.268 e. The Bertz CT molecular complexity index is 1070. The number of nitrogens with zero attached hydrogens (tertiary/aromatic N) is 2. The van der Waals surface area contributed by atoms with E-state index in [1.54, 1.807) is 0 Å². The van der Waals surface area contributed by atoms with Gasteiger partial charge in [-0.2, -0.15) is 0 Å². The fraction of sp³-hybridized carbons (Fsp3) is 0.105. The van der Waals surface area contributed by atoms with Crippen LogP contribution in [0.5, 0.6) is 0 Å². The monoisotopic (exact) mass is 348 g/mol. The number of H-pyrrole nitrogens is 1. The van der Waals surface area contributed by atoms with Gasteiger partial charge in [-0.05, 0) is 32.0 Å². The van der Waals surface area contributed by atoms with E-state index in [1.165, 1.54) is 11.3 Å². The van der Waals surface area contributed by atoms with Crippen LogP contribution in [0.15, 0.2) is 48.5 Å². The number of aryl methyl sites for hydroxylation is 2. The Morgan fingerprint density at radius 2 is 1.88 bits per heavy atom. The molecule has 5 nitrogen and oxygen atoms in total. The number of aromatic amines is 1. The number of hydrogen-bond donors (Lipinski definition) is 2. The van der Waals surface area contributed by atoms with Crippen LogP contribution in [0.4, 0.5) is 5.69 Å². The number of imidazole rings is 1. The van der Waals surface area contributed by atoms with Crippen molar-refractivity contribution in [1.82, 2.24) is 15.0 Å². The third kappa shape index (κ3) is 3.04. The highest BCUT2D eigenvalue weighted by Crippen LogP contribution is 2.29. The Labute approximate surface area is 148 Å². The van der Waals surface area contributed by atoms with Crippen LogP contribution in [0.25, 0.3) is 22.3 Å². The van der Waals surface area contributed by atoms with Crippen molar-refractivity contribution in [2.45, 2.75) is 13.8 Å². The molecular formula is C19H16N4OS. The Morgan fingerprint density at radius 1 is 1.08 bits per heavy atom. The molecule has 0 aliphatic carbocycles. The van der Waals surface area contributed by atoms with E-state index in [2.05, 4.69) is 20.3 Å². The predicted molar refractivity (Wildman–Crippen MR) is 101 cm³/mol. The van der Waals surface area contributed by atoms with Crippen molar-refractivity contribution in [3.8, 4) is 11.3 Å². The number of anilines is 1. The summed E-state index contributed by atoms with van der Waals surface area (Å²) in [6, 6.07) is 15.4. The largest absolute Gasteiger partial charge is 0.342 e. The van der Waals surface area contributed by atoms with Gasteiger partial charge in [0.15, 0.2) is 0 Å². The maximum Gasteiger partial charge on any atom is 0.268 e. The van der Waals surface area contributed by atoms with Gasteiger partial charge >= 0.3 is 0 Å². The van der Waals surface area contributed by atoms with E-state index in [4.69, 9.17) is 0 Å². The van der Waals surface area contributed by atoms with Crippen molar-refractivity contribution in [3.05, 3.63) is 64.2 Å². The molecule has 0 atom stereocenters. The van der Waals surface area contributed by atoms with Gasteiger partial charge in [-0.1, -0.05) is 30.3 Å². The van der Waals surface area contributed by atoms with Crippen molar-refractivity contribution in [2.24, 2.45) is 0 Å². The Hall–Kier alpha value is -2.99. The molecular weight excluding hydrogens is 332 g/mol. The summed E-state index contributed by atoms with van der Waals surface area (Å²) in [6.07, 6.45) is 0. The second-order valence-corrected chi connectivity index (χ2v) is 6.99. The summed E-state index contributed by atoms with van der Waals surface area (Å²) in [5, 5.41) is 3.83. The van der Waals surface area contributed by atoms with Crippen LogP contribution in [0.2, 0.25) is 0 Å². The molecule has 0 unspecified atom stereocenters. The molecule has 1 amide bonds. The van der Waals surface area contributed by atoms with Crippen LogP contribution >= 0.6 is 11.3 Å². The number of nitrogens with one attached hydrogen (secondary N) is 2. The van der Waals surface area contributed by atoms with Crippen LogP contribution in [0.1, 0.15) is 20.5 Å². The van der Waals surface area contributed by atoms with Crippen LogP contribution in [0.3, 0.4) is 0 Å². The fourth-order valence-electron chi connectivity index (χ4n) is 2.78. The minimum atomic E-state index is -0.153. The zero-order valence-electron chi connectivity index (χ0n) is 13.8. The van der Waals surface area contributed by atoms with Gasteiger partial charge < -0.3 is 10.3 Å². The third-order valence-corrected chi connectivity index (χ3v) is 4.82. The summed E-state index contributed by atoms with van der Waals surface area (Å²) < 4.78 is 0. The van der Waals surface area contributed by atoms with Gasteiger partial charge in [0, 0.05) is 11.3 Å². The molecule has 2 aromatic carbocycles. The zero-order chi connectivity index (χ0) is 17.4. The molecule has 0 fully saturated rings. The maximum absolute atomic E-state index is 12.8. The lowest BCUT2D eigenvalue weighted by molar-refractivity contribution is 0.103. The van der Waals surface area contributed by atoms with Gasteiger partial charge in [-0.3, -0.25) is 4.79 Å². The third-order valence-electron chi connectivity index (χ3n) is 3.85. The maximum atomic E-state index is 12.8. The highest BCUT2D eigenvalue weighted by molar-refractivity contribution is 7.14. The van der Waals surface area contributed by atoms with E-state index in [-0.39, 0.29) is 5.91 Å². The standard InChI is InChI=1S/C19H16N4OS/c1-11-20-15-9-8-14(10-16(15)21-11)23-19(24)18-17(22-12(2)25-18)13-6-4-3-5-7-13/h3-10H,1-2H3,(H,20,21)(H,23,24). The topological polar surface area (TPSA) is 70.7 Å². The van der Waals surface area contributed by atoms with Crippen LogP contribution < -0.4 is 5.32 Å². The second-order valence-electron chi connectivity index (χ2n) is 5.78. The minimum absolute atomic E-state index is 0.153. The number of rotatable bonds is 3. The second kappa shape index (κ2) is 6.14. The Morgan fingerprint density at radius 3 is 2.68 bits per heavy atom. The van der Waals surface area contributed by atoms with Gasteiger partial charge in [0.2, 0.25) is 0 Å². The first-order valence-electron chi connectivity index (χ1n) is 7.91. The molecule has 0 aliphatic rings. The predicted octanol–water partition coefficient (Wildman–Crippen LogP) is 4.56. The number of amides is 1. The molecule has 0 saturated carbocycles. The molecule has 2 aromatic heterocycles. The van der Waals surface area contributed by atoms with Gasteiger partial charge in [-0.25, -0.2) is 9.97 Å². The highest BCUT2D eigenvalue weighted by atomic mass is 32.1. The molecule has 124 valence electrons. The zero-order valence-corrected chi connectivity index (χ0v) is 14.6. The first kappa shape index (κ1) is 15.5. The van der Waals surface area contributed by atoms with Gasteiger partial charge in [0.25, 0.3) is 5.91 Å². The van der Waals surface area contributed by atoms with Crippen molar-refractivity contribution < 1.29 is 4.79 Å². The molecule has 25 heavy (non-hydrogen) atoms. The van der Waals surface area contributed by atoms with Gasteiger partial charge in [-0.15, -0.1) is 11.3 Å². The quantitative estimate of drug-likeness (QED) is 0.570. The van der Waals surface area contributed by atoms with E-state index in [1.807, 2.05) is 62.4 Å².